The maximum absolute atomic E-state index is 12.4. The van der Waals surface area contributed by atoms with Crippen molar-refractivity contribution in [1.82, 2.24) is 4.90 Å². The number of phenols is 1. The van der Waals surface area contributed by atoms with Crippen LogP contribution in [0.4, 0.5) is 0 Å². The number of aromatic hydroxyl groups is 1. The minimum atomic E-state index is -0.0793. The summed E-state index contributed by atoms with van der Waals surface area (Å²) >= 11 is 0. The molecule has 1 heterocycles. The second-order valence-electron chi connectivity index (χ2n) is 5.51. The maximum atomic E-state index is 12.4. The van der Waals surface area contributed by atoms with Gasteiger partial charge in [0.15, 0.2) is 0 Å². The third-order valence-electron chi connectivity index (χ3n) is 3.95. The summed E-state index contributed by atoms with van der Waals surface area (Å²) in [5, 5.41) is 9.81. The van der Waals surface area contributed by atoms with Crippen molar-refractivity contribution < 1.29 is 9.90 Å². The second kappa shape index (κ2) is 5.61. The maximum Gasteiger partial charge on any atom is 0.257 e. The molecule has 1 aromatic carbocycles. The van der Waals surface area contributed by atoms with Gasteiger partial charge < -0.3 is 15.7 Å². The van der Waals surface area contributed by atoms with Crippen LogP contribution in [0.1, 0.15) is 35.7 Å². The van der Waals surface area contributed by atoms with Crippen LogP contribution in [0.2, 0.25) is 0 Å². The lowest BCUT2D eigenvalue weighted by molar-refractivity contribution is 0.0678. The number of nitrogens with zero attached hydrogens (tertiary/aromatic N) is 1. The SMILES string of the molecule is Cc1ccc(O)c(C(=O)N2CCC(C(C)N)CC2)c1. The normalized spacial score (nSPS) is 18.4. The number of piperidine rings is 1. The zero-order chi connectivity index (χ0) is 14.0. The Morgan fingerprint density at radius 2 is 2.05 bits per heavy atom. The van der Waals surface area contributed by atoms with Crippen molar-refractivity contribution in [3.63, 3.8) is 0 Å². The van der Waals surface area contributed by atoms with Gasteiger partial charge in [0.25, 0.3) is 5.91 Å². The van der Waals surface area contributed by atoms with E-state index in [0.717, 1.165) is 31.5 Å². The summed E-state index contributed by atoms with van der Waals surface area (Å²) in [6.45, 7) is 5.38. The molecule has 4 nitrogen and oxygen atoms in total. The Labute approximate surface area is 114 Å². The van der Waals surface area contributed by atoms with E-state index in [2.05, 4.69) is 0 Å². The number of hydrogen-bond acceptors (Lipinski definition) is 3. The smallest absolute Gasteiger partial charge is 0.257 e. The number of nitrogens with two attached hydrogens (primary N) is 1. The van der Waals surface area contributed by atoms with Crippen molar-refractivity contribution >= 4 is 5.91 Å². The van der Waals surface area contributed by atoms with Gasteiger partial charge >= 0.3 is 0 Å². The quantitative estimate of drug-likeness (QED) is 0.855. The molecule has 0 spiro atoms. The Balaban J connectivity index is 2.07. The van der Waals surface area contributed by atoms with Crippen molar-refractivity contribution in [2.45, 2.75) is 32.7 Å². The predicted molar refractivity (Wildman–Crippen MR) is 75.1 cm³/mol. The Bertz CT molecular complexity index is 463. The van der Waals surface area contributed by atoms with Crippen LogP contribution in [0.25, 0.3) is 0 Å². The van der Waals surface area contributed by atoms with Crippen LogP contribution in [-0.2, 0) is 0 Å². The van der Waals surface area contributed by atoms with Gasteiger partial charge in [-0.05, 0) is 44.7 Å². The summed E-state index contributed by atoms with van der Waals surface area (Å²) in [5.74, 6) is 0.476. The number of phenolic OH excluding ortho intramolecular Hbond substituents is 1. The molecule has 104 valence electrons. The van der Waals surface area contributed by atoms with Crippen LogP contribution >= 0.6 is 0 Å². The van der Waals surface area contributed by atoms with Gasteiger partial charge in [0.05, 0.1) is 5.56 Å². The first-order valence-corrected chi connectivity index (χ1v) is 6.83. The molecule has 1 aliphatic rings. The van der Waals surface area contributed by atoms with E-state index < -0.39 is 0 Å². The molecule has 0 radical (unpaired) electrons. The number of aryl methyl sites for hydroxylation is 1. The highest BCUT2D eigenvalue weighted by Gasteiger charge is 2.26. The average molecular weight is 262 g/mol. The Kier molecular flexibility index (Phi) is 4.10. The van der Waals surface area contributed by atoms with Crippen molar-refractivity contribution in [2.24, 2.45) is 11.7 Å². The summed E-state index contributed by atoms with van der Waals surface area (Å²) in [7, 11) is 0. The first-order chi connectivity index (χ1) is 8.99. The van der Waals surface area contributed by atoms with Crippen LogP contribution in [-0.4, -0.2) is 35.0 Å². The Morgan fingerprint density at radius 1 is 1.42 bits per heavy atom. The molecular weight excluding hydrogens is 240 g/mol. The summed E-state index contributed by atoms with van der Waals surface area (Å²) in [5.41, 5.74) is 7.28. The van der Waals surface area contributed by atoms with Gasteiger partial charge in [-0.25, -0.2) is 0 Å². The molecule has 1 aliphatic heterocycles. The number of carbonyl (C=O) groups is 1. The topological polar surface area (TPSA) is 66.6 Å². The molecule has 0 bridgehead atoms. The van der Waals surface area contributed by atoms with E-state index in [1.807, 2.05) is 18.7 Å². The van der Waals surface area contributed by atoms with E-state index in [0.29, 0.717) is 11.5 Å². The van der Waals surface area contributed by atoms with Crippen molar-refractivity contribution in [2.75, 3.05) is 13.1 Å². The highest BCUT2D eigenvalue weighted by Crippen LogP contribution is 2.24. The molecule has 1 amide bonds. The molecule has 0 aromatic heterocycles. The van der Waals surface area contributed by atoms with E-state index in [4.69, 9.17) is 5.73 Å². The van der Waals surface area contributed by atoms with Crippen LogP contribution in [0.15, 0.2) is 18.2 Å². The zero-order valence-corrected chi connectivity index (χ0v) is 11.6. The van der Waals surface area contributed by atoms with Gasteiger partial charge in [0.1, 0.15) is 5.75 Å². The largest absolute Gasteiger partial charge is 0.507 e. The van der Waals surface area contributed by atoms with Crippen molar-refractivity contribution in [1.29, 1.82) is 0 Å². The molecule has 0 aliphatic carbocycles. The molecule has 4 heteroatoms. The average Bonchev–Trinajstić information content (AvgIpc) is 2.41. The molecule has 2 rings (SSSR count). The first-order valence-electron chi connectivity index (χ1n) is 6.83. The number of carbonyl (C=O) groups excluding carboxylic acids is 1. The van der Waals surface area contributed by atoms with Gasteiger partial charge in [0.2, 0.25) is 0 Å². The minimum Gasteiger partial charge on any atom is -0.507 e. The van der Waals surface area contributed by atoms with Gasteiger partial charge in [-0.1, -0.05) is 11.6 Å². The van der Waals surface area contributed by atoms with Crippen LogP contribution in [0.3, 0.4) is 0 Å². The molecule has 0 saturated carbocycles. The van der Waals surface area contributed by atoms with E-state index in [-0.39, 0.29) is 17.7 Å². The standard InChI is InChI=1S/C15H22N2O2/c1-10-3-4-14(18)13(9-10)15(19)17-7-5-12(6-8-17)11(2)16/h3-4,9,11-12,18H,5-8,16H2,1-2H3. The fourth-order valence-corrected chi connectivity index (χ4v) is 2.62. The fourth-order valence-electron chi connectivity index (χ4n) is 2.62. The molecule has 1 aromatic rings. The number of likely N-dealkylation sites (tertiary alicyclic amines) is 1. The molecule has 1 unspecified atom stereocenters. The van der Waals surface area contributed by atoms with Gasteiger partial charge in [-0.15, -0.1) is 0 Å². The highest BCUT2D eigenvalue weighted by atomic mass is 16.3. The molecule has 19 heavy (non-hydrogen) atoms. The van der Waals surface area contributed by atoms with E-state index in [1.54, 1.807) is 18.2 Å². The fraction of sp³-hybridized carbons (Fsp3) is 0.533. The zero-order valence-electron chi connectivity index (χ0n) is 11.6. The summed E-state index contributed by atoms with van der Waals surface area (Å²) in [4.78, 5) is 14.2. The third kappa shape index (κ3) is 3.07. The van der Waals surface area contributed by atoms with Gasteiger partial charge in [0, 0.05) is 19.1 Å². The highest BCUT2D eigenvalue weighted by molar-refractivity contribution is 5.97. The van der Waals surface area contributed by atoms with Gasteiger partial charge in [-0.3, -0.25) is 4.79 Å². The molecule has 3 N–H and O–H groups in total. The summed E-state index contributed by atoms with van der Waals surface area (Å²) < 4.78 is 0. The Morgan fingerprint density at radius 3 is 2.63 bits per heavy atom. The summed E-state index contributed by atoms with van der Waals surface area (Å²) in [6, 6.07) is 5.31. The van der Waals surface area contributed by atoms with E-state index >= 15 is 0 Å². The molecule has 1 fully saturated rings. The van der Waals surface area contributed by atoms with Crippen molar-refractivity contribution in [3.8, 4) is 5.75 Å². The molecule has 1 saturated heterocycles. The van der Waals surface area contributed by atoms with Crippen molar-refractivity contribution in [3.05, 3.63) is 29.3 Å². The van der Waals surface area contributed by atoms with Crippen LogP contribution in [0.5, 0.6) is 5.75 Å². The number of rotatable bonds is 2. The van der Waals surface area contributed by atoms with Crippen LogP contribution < -0.4 is 5.73 Å². The number of amides is 1. The lowest BCUT2D eigenvalue weighted by Gasteiger charge is -2.33. The molecule has 1 atom stereocenters. The predicted octanol–water partition coefficient (Wildman–Crippen LogP) is 1.90. The minimum absolute atomic E-state index is 0.0601. The van der Waals surface area contributed by atoms with Gasteiger partial charge in [-0.2, -0.15) is 0 Å². The lowest BCUT2D eigenvalue weighted by Crippen LogP contribution is -2.42. The Hall–Kier alpha value is -1.55. The molecular formula is C15H22N2O2. The number of benzene rings is 1. The third-order valence-corrected chi connectivity index (χ3v) is 3.95. The van der Waals surface area contributed by atoms with E-state index in [9.17, 15) is 9.90 Å². The summed E-state index contributed by atoms with van der Waals surface area (Å²) in [6.07, 6.45) is 1.88. The lowest BCUT2D eigenvalue weighted by atomic mass is 9.90. The van der Waals surface area contributed by atoms with E-state index in [1.165, 1.54) is 0 Å². The second-order valence-corrected chi connectivity index (χ2v) is 5.51. The number of hydrogen-bond donors (Lipinski definition) is 2. The first kappa shape index (κ1) is 13.9. The van der Waals surface area contributed by atoms with Crippen LogP contribution in [0, 0.1) is 12.8 Å². The monoisotopic (exact) mass is 262 g/mol.